The number of nitrogens with zero attached hydrogens (tertiary/aromatic N) is 1. The molecule has 0 aliphatic carbocycles. The minimum Gasteiger partial charge on any atom is -0.354 e. The molecule has 0 saturated carbocycles. The number of carbonyl (C=O) groups excluding carboxylic acids is 2. The lowest BCUT2D eigenvalue weighted by molar-refractivity contribution is -0.123. The normalized spacial score (nSPS) is 12.8. The third-order valence-corrected chi connectivity index (χ3v) is 8.96. The Balaban J connectivity index is 1.56. The van der Waals surface area contributed by atoms with Crippen LogP contribution in [0.5, 0.6) is 0 Å². The highest BCUT2D eigenvalue weighted by Gasteiger charge is 2.25. The van der Waals surface area contributed by atoms with Gasteiger partial charge >= 0.3 is 0 Å². The molecule has 1 aromatic heterocycles. The molecule has 194 valence electrons. The number of benzene rings is 2. The van der Waals surface area contributed by atoms with E-state index in [1.54, 1.807) is 0 Å². The van der Waals surface area contributed by atoms with Crippen LogP contribution < -0.4 is 10.6 Å². The molecule has 0 aliphatic heterocycles. The Bertz CT molecular complexity index is 1310. The molecule has 0 bridgehead atoms. The molecule has 0 radical (unpaired) electrons. The van der Waals surface area contributed by atoms with Crippen LogP contribution in [0.3, 0.4) is 0 Å². The summed E-state index contributed by atoms with van der Waals surface area (Å²) >= 11 is 7.28. The fourth-order valence-electron chi connectivity index (χ4n) is 3.64. The number of sulfonamides is 1. The third-order valence-electron chi connectivity index (χ3n) is 5.51. The van der Waals surface area contributed by atoms with Gasteiger partial charge in [-0.05, 0) is 54.5 Å². The van der Waals surface area contributed by atoms with Gasteiger partial charge in [0.1, 0.15) is 16.8 Å². The predicted molar refractivity (Wildman–Crippen MR) is 141 cm³/mol. The minimum absolute atomic E-state index is 0.110. The molecule has 3 rings (SSSR count). The van der Waals surface area contributed by atoms with Crippen LogP contribution in [0, 0.1) is 11.7 Å². The lowest BCUT2D eigenvalue weighted by Crippen LogP contribution is -2.47. The van der Waals surface area contributed by atoms with Crippen LogP contribution in [-0.2, 0) is 14.8 Å². The molecule has 3 aromatic rings. The number of hydrogen-bond acceptors (Lipinski definition) is 5. The van der Waals surface area contributed by atoms with Crippen molar-refractivity contribution >= 4 is 54.9 Å². The minimum atomic E-state index is -3.91. The highest BCUT2D eigenvalue weighted by atomic mass is 35.5. The number of amides is 2. The standard InChI is InChI=1S/C25H29ClFN3O4S2/c1-16(2)13-20(29-25(32)22-14-17-7-4-5-8-21(17)35-22)24(31)28-11-6-12-30(3)36(33,34)23-10-9-18(27)15-19(23)26/h4-5,7-10,14-16,20H,6,11-13H2,1-3H3,(H,28,31)(H,29,32)/t20-/m0/s1. The van der Waals surface area contributed by atoms with Gasteiger partial charge in [0, 0.05) is 24.8 Å². The largest absolute Gasteiger partial charge is 0.354 e. The summed E-state index contributed by atoms with van der Waals surface area (Å²) in [6.07, 6.45) is 0.790. The molecule has 2 N–H and O–H groups in total. The second kappa shape index (κ2) is 12.1. The maximum Gasteiger partial charge on any atom is 0.262 e. The van der Waals surface area contributed by atoms with Crippen molar-refractivity contribution in [1.29, 1.82) is 0 Å². The van der Waals surface area contributed by atoms with Gasteiger partial charge in [0.25, 0.3) is 5.91 Å². The fourth-order valence-corrected chi connectivity index (χ4v) is 6.31. The van der Waals surface area contributed by atoms with Gasteiger partial charge in [-0.2, -0.15) is 0 Å². The smallest absolute Gasteiger partial charge is 0.262 e. The summed E-state index contributed by atoms with van der Waals surface area (Å²) in [5, 5.41) is 6.41. The van der Waals surface area contributed by atoms with E-state index in [9.17, 15) is 22.4 Å². The summed E-state index contributed by atoms with van der Waals surface area (Å²) in [7, 11) is -2.52. The van der Waals surface area contributed by atoms with Gasteiger partial charge < -0.3 is 10.6 Å². The Morgan fingerprint density at radius 1 is 1.14 bits per heavy atom. The topological polar surface area (TPSA) is 95.6 Å². The molecule has 1 heterocycles. The van der Waals surface area contributed by atoms with Gasteiger partial charge in [-0.15, -0.1) is 11.3 Å². The van der Waals surface area contributed by atoms with E-state index in [0.29, 0.717) is 17.7 Å². The van der Waals surface area contributed by atoms with E-state index in [1.807, 2.05) is 44.2 Å². The van der Waals surface area contributed by atoms with Gasteiger partial charge in [-0.25, -0.2) is 17.1 Å². The summed E-state index contributed by atoms with van der Waals surface area (Å²) in [4.78, 5) is 26.0. The third kappa shape index (κ3) is 7.03. The second-order valence-corrected chi connectivity index (χ2v) is 12.4. The predicted octanol–water partition coefficient (Wildman–Crippen LogP) is 4.67. The van der Waals surface area contributed by atoms with Gasteiger partial charge in [-0.1, -0.05) is 43.6 Å². The van der Waals surface area contributed by atoms with E-state index >= 15 is 0 Å². The zero-order valence-corrected chi connectivity index (χ0v) is 22.6. The molecule has 2 amide bonds. The number of halogens is 2. The summed E-state index contributed by atoms with van der Waals surface area (Å²) < 4.78 is 40.8. The van der Waals surface area contributed by atoms with E-state index in [2.05, 4.69) is 10.6 Å². The maximum atomic E-state index is 13.3. The Morgan fingerprint density at radius 2 is 1.86 bits per heavy atom. The van der Waals surface area contributed by atoms with Crippen molar-refractivity contribution in [1.82, 2.24) is 14.9 Å². The molecule has 7 nitrogen and oxygen atoms in total. The first kappa shape index (κ1) is 28.0. The van der Waals surface area contributed by atoms with Gasteiger partial charge in [0.2, 0.25) is 15.9 Å². The lowest BCUT2D eigenvalue weighted by atomic mass is 10.0. The van der Waals surface area contributed by atoms with Crippen molar-refractivity contribution in [2.45, 2.75) is 37.6 Å². The zero-order valence-electron chi connectivity index (χ0n) is 20.3. The highest BCUT2D eigenvalue weighted by Crippen LogP contribution is 2.26. The van der Waals surface area contributed by atoms with Crippen LogP contribution in [0.2, 0.25) is 5.02 Å². The fraction of sp³-hybridized carbons (Fsp3) is 0.360. The van der Waals surface area contributed by atoms with Crippen molar-refractivity contribution in [2.24, 2.45) is 5.92 Å². The van der Waals surface area contributed by atoms with Crippen molar-refractivity contribution in [3.8, 4) is 0 Å². The molecule has 0 aliphatic rings. The van der Waals surface area contributed by atoms with Crippen LogP contribution in [0.25, 0.3) is 10.1 Å². The Morgan fingerprint density at radius 3 is 2.53 bits per heavy atom. The Kier molecular flexibility index (Phi) is 9.46. The molecule has 2 aromatic carbocycles. The summed E-state index contributed by atoms with van der Waals surface area (Å²) in [5.41, 5.74) is 0. The molecule has 0 spiro atoms. The maximum absolute atomic E-state index is 13.3. The number of thiophene rings is 1. The van der Waals surface area contributed by atoms with E-state index in [4.69, 9.17) is 11.6 Å². The van der Waals surface area contributed by atoms with Gasteiger partial charge in [0.05, 0.1) is 9.90 Å². The van der Waals surface area contributed by atoms with Gasteiger partial charge in [0.15, 0.2) is 0 Å². The average molecular weight is 554 g/mol. The van der Waals surface area contributed by atoms with Crippen LogP contribution >= 0.6 is 22.9 Å². The Labute approximate surface area is 219 Å². The van der Waals surface area contributed by atoms with Crippen LogP contribution in [0.4, 0.5) is 4.39 Å². The molecule has 36 heavy (non-hydrogen) atoms. The number of hydrogen-bond donors (Lipinski definition) is 2. The monoisotopic (exact) mass is 553 g/mol. The van der Waals surface area contributed by atoms with Crippen molar-refractivity contribution < 1.29 is 22.4 Å². The van der Waals surface area contributed by atoms with E-state index < -0.39 is 21.9 Å². The van der Waals surface area contributed by atoms with E-state index in [-0.39, 0.29) is 40.7 Å². The zero-order chi connectivity index (χ0) is 26.5. The van der Waals surface area contributed by atoms with E-state index in [1.165, 1.54) is 18.4 Å². The average Bonchev–Trinajstić information content (AvgIpc) is 3.25. The van der Waals surface area contributed by atoms with Gasteiger partial charge in [-0.3, -0.25) is 9.59 Å². The SMILES string of the molecule is CC(C)C[C@H](NC(=O)c1cc2ccccc2s1)C(=O)NCCCN(C)S(=O)(=O)c1ccc(F)cc1Cl. The molecule has 0 fully saturated rings. The number of rotatable bonds is 11. The van der Waals surface area contributed by atoms with Crippen molar-refractivity contribution in [3.05, 3.63) is 64.2 Å². The first-order valence-electron chi connectivity index (χ1n) is 11.5. The molecule has 0 unspecified atom stereocenters. The molecule has 11 heteroatoms. The molecular formula is C25H29ClFN3O4S2. The highest BCUT2D eigenvalue weighted by molar-refractivity contribution is 7.89. The summed E-state index contributed by atoms with van der Waals surface area (Å²) in [5.74, 6) is -1.09. The first-order chi connectivity index (χ1) is 17.0. The number of carbonyl (C=O) groups is 2. The molecule has 0 saturated heterocycles. The molecular weight excluding hydrogens is 525 g/mol. The van der Waals surface area contributed by atoms with Crippen molar-refractivity contribution in [3.63, 3.8) is 0 Å². The summed E-state index contributed by atoms with van der Waals surface area (Å²) in [6.45, 7) is 4.25. The lowest BCUT2D eigenvalue weighted by Gasteiger charge is -2.21. The Hall–Kier alpha value is -2.53. The second-order valence-electron chi connectivity index (χ2n) is 8.85. The summed E-state index contributed by atoms with van der Waals surface area (Å²) in [6, 6.07) is 11.9. The van der Waals surface area contributed by atoms with Crippen molar-refractivity contribution in [2.75, 3.05) is 20.1 Å². The molecule has 1 atom stereocenters. The quantitative estimate of drug-likeness (QED) is 0.337. The first-order valence-corrected chi connectivity index (χ1v) is 14.1. The van der Waals surface area contributed by atoms with Crippen LogP contribution in [-0.4, -0.2) is 50.7 Å². The van der Waals surface area contributed by atoms with E-state index in [0.717, 1.165) is 32.6 Å². The van der Waals surface area contributed by atoms with Crippen LogP contribution in [0.1, 0.15) is 36.4 Å². The van der Waals surface area contributed by atoms with Crippen LogP contribution in [0.15, 0.2) is 53.4 Å². The number of nitrogens with one attached hydrogen (secondary N) is 2. The number of fused-ring (bicyclic) bond motifs is 1.